The number of aromatic nitrogens is 1. The van der Waals surface area contributed by atoms with Crippen LogP contribution in [0.1, 0.15) is 19.5 Å². The minimum absolute atomic E-state index is 0.0294. The molecule has 0 bridgehead atoms. The first-order valence-electron chi connectivity index (χ1n) is 5.18. The molecule has 0 saturated carbocycles. The number of nitrogens with zero attached hydrogens (tertiary/aromatic N) is 1. The molecule has 0 amide bonds. The lowest BCUT2D eigenvalue weighted by molar-refractivity contribution is -0.140. The molecule has 0 aromatic carbocycles. The Balaban J connectivity index is 2.69. The van der Waals surface area contributed by atoms with Crippen LogP contribution in [0, 0.1) is 5.92 Å². The molecule has 17 heavy (non-hydrogen) atoms. The van der Waals surface area contributed by atoms with E-state index in [-0.39, 0.29) is 5.92 Å². The fraction of sp³-hybridized carbons (Fsp3) is 0.455. The highest BCUT2D eigenvalue weighted by Crippen LogP contribution is 2.19. The molecule has 0 unspecified atom stereocenters. The Morgan fingerprint density at radius 3 is 2.65 bits per heavy atom. The summed E-state index contributed by atoms with van der Waals surface area (Å²) in [7, 11) is 0. The van der Waals surface area contributed by atoms with Crippen molar-refractivity contribution in [3.8, 4) is 0 Å². The average Bonchev–Trinajstić information content (AvgIpc) is 2.20. The topological polar surface area (TPSA) is 62.2 Å². The second-order valence-corrected chi connectivity index (χ2v) is 5.79. The van der Waals surface area contributed by atoms with E-state index in [1.54, 1.807) is 6.20 Å². The average molecular weight is 366 g/mol. The van der Waals surface area contributed by atoms with Crippen LogP contribution in [-0.4, -0.2) is 22.1 Å². The third-order valence-electron chi connectivity index (χ3n) is 2.31. The lowest BCUT2D eigenvalue weighted by Gasteiger charge is -2.17. The Morgan fingerprint density at radius 1 is 1.53 bits per heavy atom. The molecule has 0 spiro atoms. The molecular formula is C11H14Br2N2O2. The van der Waals surface area contributed by atoms with Crippen LogP contribution in [0.15, 0.2) is 21.2 Å². The molecule has 0 aliphatic carbocycles. The molecule has 0 fully saturated rings. The lowest BCUT2D eigenvalue weighted by atomic mass is 10.0. The lowest BCUT2D eigenvalue weighted by Crippen LogP contribution is -2.40. The first-order chi connectivity index (χ1) is 7.91. The summed E-state index contributed by atoms with van der Waals surface area (Å²) in [4.78, 5) is 15.2. The zero-order valence-electron chi connectivity index (χ0n) is 9.58. The van der Waals surface area contributed by atoms with Crippen molar-refractivity contribution in [2.24, 2.45) is 5.92 Å². The molecular weight excluding hydrogens is 352 g/mol. The Hall–Kier alpha value is -0.460. The summed E-state index contributed by atoms with van der Waals surface area (Å²) < 4.78 is 1.74. The van der Waals surface area contributed by atoms with Crippen LogP contribution in [0.3, 0.4) is 0 Å². The quantitative estimate of drug-likeness (QED) is 0.842. The second kappa shape index (κ2) is 6.47. The van der Waals surface area contributed by atoms with E-state index in [0.29, 0.717) is 6.54 Å². The molecule has 6 heteroatoms. The number of halogens is 2. The van der Waals surface area contributed by atoms with Crippen LogP contribution >= 0.6 is 31.9 Å². The van der Waals surface area contributed by atoms with Gasteiger partial charge < -0.3 is 5.11 Å². The van der Waals surface area contributed by atoms with Crippen LogP contribution < -0.4 is 5.32 Å². The van der Waals surface area contributed by atoms with Crippen molar-refractivity contribution in [2.75, 3.05) is 0 Å². The van der Waals surface area contributed by atoms with E-state index in [2.05, 4.69) is 42.2 Å². The fourth-order valence-electron chi connectivity index (χ4n) is 1.39. The van der Waals surface area contributed by atoms with E-state index >= 15 is 0 Å². The van der Waals surface area contributed by atoms with Crippen LogP contribution in [0.2, 0.25) is 0 Å². The predicted molar refractivity (Wildman–Crippen MR) is 72.7 cm³/mol. The maximum Gasteiger partial charge on any atom is 0.320 e. The summed E-state index contributed by atoms with van der Waals surface area (Å²) >= 11 is 6.71. The smallest absolute Gasteiger partial charge is 0.320 e. The highest BCUT2D eigenvalue weighted by Gasteiger charge is 2.20. The van der Waals surface area contributed by atoms with Crippen molar-refractivity contribution in [1.82, 2.24) is 10.3 Å². The molecule has 1 aromatic heterocycles. The summed E-state index contributed by atoms with van der Waals surface area (Å²) in [5.41, 5.74) is 0.792. The molecule has 4 nitrogen and oxygen atoms in total. The first kappa shape index (κ1) is 14.6. The monoisotopic (exact) mass is 364 g/mol. The number of aliphatic carboxylic acids is 1. The zero-order valence-corrected chi connectivity index (χ0v) is 12.7. The Morgan fingerprint density at radius 2 is 2.18 bits per heavy atom. The van der Waals surface area contributed by atoms with Crippen molar-refractivity contribution in [2.45, 2.75) is 26.4 Å². The fourth-order valence-corrected chi connectivity index (χ4v) is 2.52. The van der Waals surface area contributed by atoms with Crippen molar-refractivity contribution >= 4 is 37.8 Å². The molecule has 0 saturated heterocycles. The van der Waals surface area contributed by atoms with Crippen LogP contribution in [0.25, 0.3) is 0 Å². The number of hydrogen-bond donors (Lipinski definition) is 2. The number of pyridine rings is 1. The minimum atomic E-state index is -0.840. The van der Waals surface area contributed by atoms with Gasteiger partial charge in [-0.2, -0.15) is 0 Å². The summed E-state index contributed by atoms with van der Waals surface area (Å²) in [6.07, 6.45) is 1.69. The van der Waals surface area contributed by atoms with Gasteiger partial charge in [-0.15, -0.1) is 0 Å². The molecule has 1 rings (SSSR count). The molecule has 2 N–H and O–H groups in total. The second-order valence-electron chi connectivity index (χ2n) is 4.02. The van der Waals surface area contributed by atoms with Gasteiger partial charge in [-0.25, -0.2) is 0 Å². The van der Waals surface area contributed by atoms with E-state index in [4.69, 9.17) is 5.11 Å². The van der Waals surface area contributed by atoms with E-state index in [0.717, 1.165) is 14.6 Å². The summed E-state index contributed by atoms with van der Waals surface area (Å²) in [5.74, 6) is -0.810. The van der Waals surface area contributed by atoms with Crippen molar-refractivity contribution in [3.63, 3.8) is 0 Å². The van der Waals surface area contributed by atoms with Gasteiger partial charge in [0, 0.05) is 21.7 Å². The molecule has 0 aliphatic rings. The van der Waals surface area contributed by atoms with Crippen molar-refractivity contribution in [1.29, 1.82) is 0 Å². The van der Waals surface area contributed by atoms with E-state index in [9.17, 15) is 4.79 Å². The van der Waals surface area contributed by atoms with Crippen LogP contribution in [0.5, 0.6) is 0 Å². The van der Waals surface area contributed by atoms with Crippen molar-refractivity contribution in [3.05, 3.63) is 26.9 Å². The van der Waals surface area contributed by atoms with Crippen LogP contribution in [-0.2, 0) is 11.3 Å². The van der Waals surface area contributed by atoms with Gasteiger partial charge >= 0.3 is 5.97 Å². The van der Waals surface area contributed by atoms with Gasteiger partial charge in [0.1, 0.15) is 6.04 Å². The highest BCUT2D eigenvalue weighted by atomic mass is 79.9. The number of hydrogen-bond acceptors (Lipinski definition) is 3. The van der Waals surface area contributed by atoms with Gasteiger partial charge in [-0.1, -0.05) is 13.8 Å². The first-order valence-corrected chi connectivity index (χ1v) is 6.76. The van der Waals surface area contributed by atoms with Crippen LogP contribution in [0.4, 0.5) is 0 Å². The van der Waals surface area contributed by atoms with Gasteiger partial charge in [-0.05, 0) is 43.8 Å². The van der Waals surface area contributed by atoms with Crippen molar-refractivity contribution < 1.29 is 9.90 Å². The zero-order chi connectivity index (χ0) is 13.0. The summed E-state index contributed by atoms with van der Waals surface area (Å²) in [5, 5.41) is 12.0. The molecule has 1 atom stereocenters. The van der Waals surface area contributed by atoms with Gasteiger partial charge in [0.2, 0.25) is 0 Å². The highest BCUT2D eigenvalue weighted by molar-refractivity contribution is 9.11. The molecule has 0 radical (unpaired) electrons. The van der Waals surface area contributed by atoms with E-state index < -0.39 is 12.0 Å². The minimum Gasteiger partial charge on any atom is -0.480 e. The maximum absolute atomic E-state index is 11.0. The van der Waals surface area contributed by atoms with Gasteiger partial charge in [-0.3, -0.25) is 15.1 Å². The number of rotatable bonds is 5. The predicted octanol–water partition coefficient (Wildman–Crippen LogP) is 2.81. The normalized spacial score (nSPS) is 12.8. The van der Waals surface area contributed by atoms with E-state index in [1.807, 2.05) is 19.9 Å². The Kier molecular flexibility index (Phi) is 5.55. The number of nitrogens with one attached hydrogen (secondary N) is 1. The van der Waals surface area contributed by atoms with Gasteiger partial charge in [0.05, 0.1) is 5.69 Å². The molecule has 1 aromatic rings. The number of carbonyl (C=O) groups is 1. The SMILES string of the molecule is CC(C)[C@H](NCc1ncc(Br)cc1Br)C(=O)O. The molecule has 0 aliphatic heterocycles. The Labute approximate surface area is 117 Å². The Bertz CT molecular complexity index is 410. The standard InChI is InChI=1S/C11H14Br2N2O2/c1-6(2)10(11(16)17)15-5-9-8(13)3-7(12)4-14-9/h3-4,6,10,15H,5H2,1-2H3,(H,16,17)/t10-/m0/s1. The number of carboxylic acid groups (broad SMARTS) is 1. The van der Waals surface area contributed by atoms with Gasteiger partial charge in [0.25, 0.3) is 0 Å². The van der Waals surface area contributed by atoms with E-state index in [1.165, 1.54) is 0 Å². The number of carboxylic acids is 1. The largest absolute Gasteiger partial charge is 0.480 e. The third kappa shape index (κ3) is 4.37. The third-order valence-corrected chi connectivity index (χ3v) is 3.43. The van der Waals surface area contributed by atoms with Gasteiger partial charge in [0.15, 0.2) is 0 Å². The maximum atomic E-state index is 11.0. The molecule has 94 valence electrons. The summed E-state index contributed by atoms with van der Waals surface area (Å²) in [6.45, 7) is 4.16. The molecule has 1 heterocycles. The summed E-state index contributed by atoms with van der Waals surface area (Å²) in [6, 6.07) is 1.32.